The van der Waals surface area contributed by atoms with E-state index in [9.17, 15) is 17.6 Å². The van der Waals surface area contributed by atoms with E-state index in [0.29, 0.717) is 16.8 Å². The average Bonchev–Trinajstić information content (AvgIpc) is 3.33. The van der Waals surface area contributed by atoms with Gasteiger partial charge in [-0.05, 0) is 66.9 Å². The Morgan fingerprint density at radius 3 is 2.21 bits per heavy atom. The molecule has 1 aliphatic rings. The quantitative estimate of drug-likeness (QED) is 0.549. The minimum atomic E-state index is -3.71. The van der Waals surface area contributed by atoms with Crippen LogP contribution in [0, 0.1) is 5.82 Å². The van der Waals surface area contributed by atoms with E-state index in [2.05, 4.69) is 10.2 Å². The smallest absolute Gasteiger partial charge is 0.255 e. The largest absolute Gasteiger partial charge is 0.372 e. The molecule has 0 aromatic heterocycles. The predicted molar refractivity (Wildman–Crippen MR) is 130 cm³/mol. The number of rotatable bonds is 7. The summed E-state index contributed by atoms with van der Waals surface area (Å²) in [4.78, 5) is 15.0. The van der Waals surface area contributed by atoms with Crippen molar-refractivity contribution >= 4 is 33.0 Å². The number of sulfonamides is 1. The molecular weight excluding hydrogens is 441 g/mol. The standard InChI is InChI=1S/C25H26FN3O3S/c1-33(31,32)29(24-7-3-2-6-23(24)26)18-19-8-10-20(11-9-19)25(30)27-21-12-14-22(15-13-21)28-16-4-5-17-28/h2-3,6-15H,4-5,16-18H2,1H3,(H,27,30). The number of carbonyl (C=O) groups excluding carboxylic acids is 1. The van der Waals surface area contributed by atoms with Crippen LogP contribution in [-0.4, -0.2) is 33.7 Å². The van der Waals surface area contributed by atoms with Gasteiger partial charge in [0, 0.05) is 30.0 Å². The Morgan fingerprint density at radius 2 is 1.61 bits per heavy atom. The zero-order valence-corrected chi connectivity index (χ0v) is 19.2. The number of halogens is 1. The van der Waals surface area contributed by atoms with E-state index in [4.69, 9.17) is 0 Å². The zero-order valence-electron chi connectivity index (χ0n) is 18.4. The van der Waals surface area contributed by atoms with E-state index in [1.165, 1.54) is 31.0 Å². The SMILES string of the molecule is CS(=O)(=O)N(Cc1ccc(C(=O)Nc2ccc(N3CCCC3)cc2)cc1)c1ccccc1F. The zero-order chi connectivity index (χ0) is 23.4. The summed E-state index contributed by atoms with van der Waals surface area (Å²) in [6.45, 7) is 2.08. The first-order valence-electron chi connectivity index (χ1n) is 10.8. The average molecular weight is 468 g/mol. The number of hydrogen-bond acceptors (Lipinski definition) is 4. The molecule has 3 aromatic carbocycles. The second kappa shape index (κ2) is 9.62. The molecule has 1 saturated heterocycles. The first kappa shape index (κ1) is 22.8. The number of carbonyl (C=O) groups is 1. The summed E-state index contributed by atoms with van der Waals surface area (Å²) in [6, 6.07) is 20.1. The molecule has 1 amide bonds. The molecule has 172 valence electrons. The molecular formula is C25H26FN3O3S. The van der Waals surface area contributed by atoms with Crippen molar-refractivity contribution in [2.24, 2.45) is 0 Å². The predicted octanol–water partition coefficient (Wildman–Crippen LogP) is 4.64. The monoisotopic (exact) mass is 467 g/mol. The summed E-state index contributed by atoms with van der Waals surface area (Å²) < 4.78 is 39.7. The lowest BCUT2D eigenvalue weighted by molar-refractivity contribution is 0.102. The van der Waals surface area contributed by atoms with Crippen LogP contribution >= 0.6 is 0 Å². The molecule has 0 radical (unpaired) electrons. The molecule has 1 N–H and O–H groups in total. The molecule has 0 aliphatic carbocycles. The molecule has 0 spiro atoms. The van der Waals surface area contributed by atoms with Gasteiger partial charge in [0.25, 0.3) is 5.91 Å². The number of amides is 1. The topological polar surface area (TPSA) is 69.7 Å². The lowest BCUT2D eigenvalue weighted by atomic mass is 10.1. The van der Waals surface area contributed by atoms with Gasteiger partial charge in [-0.15, -0.1) is 0 Å². The van der Waals surface area contributed by atoms with E-state index in [0.717, 1.165) is 29.3 Å². The minimum absolute atomic E-state index is 0.0146. The molecule has 8 heteroatoms. The van der Waals surface area contributed by atoms with Crippen molar-refractivity contribution in [2.45, 2.75) is 19.4 Å². The van der Waals surface area contributed by atoms with Crippen LogP contribution in [0.2, 0.25) is 0 Å². The highest BCUT2D eigenvalue weighted by Crippen LogP contribution is 2.25. The first-order valence-corrected chi connectivity index (χ1v) is 12.6. The minimum Gasteiger partial charge on any atom is -0.372 e. The van der Waals surface area contributed by atoms with Crippen LogP contribution in [0.4, 0.5) is 21.5 Å². The van der Waals surface area contributed by atoms with Gasteiger partial charge in [-0.2, -0.15) is 0 Å². The lowest BCUT2D eigenvalue weighted by Gasteiger charge is -2.23. The summed E-state index contributed by atoms with van der Waals surface area (Å²) in [7, 11) is -3.71. The van der Waals surface area contributed by atoms with E-state index >= 15 is 0 Å². The Kier molecular flexibility index (Phi) is 6.65. The van der Waals surface area contributed by atoms with Crippen molar-refractivity contribution in [2.75, 3.05) is 33.9 Å². The second-order valence-electron chi connectivity index (χ2n) is 8.11. The molecule has 1 fully saturated rings. The molecule has 1 aliphatic heterocycles. The van der Waals surface area contributed by atoms with E-state index in [-0.39, 0.29) is 18.1 Å². The van der Waals surface area contributed by atoms with E-state index < -0.39 is 15.8 Å². The van der Waals surface area contributed by atoms with Crippen LogP contribution < -0.4 is 14.5 Å². The fourth-order valence-electron chi connectivity index (χ4n) is 3.90. The van der Waals surface area contributed by atoms with Crippen molar-refractivity contribution in [3.8, 4) is 0 Å². The lowest BCUT2D eigenvalue weighted by Crippen LogP contribution is -2.30. The van der Waals surface area contributed by atoms with Crippen LogP contribution in [0.1, 0.15) is 28.8 Å². The van der Waals surface area contributed by atoms with Gasteiger partial charge in [0.1, 0.15) is 5.82 Å². The summed E-state index contributed by atoms with van der Waals surface area (Å²) in [5, 5.41) is 2.88. The molecule has 33 heavy (non-hydrogen) atoms. The third-order valence-electron chi connectivity index (χ3n) is 5.66. The Morgan fingerprint density at radius 1 is 0.970 bits per heavy atom. The van der Waals surface area contributed by atoms with Gasteiger partial charge in [0.15, 0.2) is 0 Å². The normalized spacial score (nSPS) is 13.7. The van der Waals surface area contributed by atoms with Gasteiger partial charge in [0.05, 0.1) is 18.5 Å². The van der Waals surface area contributed by atoms with Crippen LogP contribution in [0.5, 0.6) is 0 Å². The number of anilines is 3. The van der Waals surface area contributed by atoms with Gasteiger partial charge in [0.2, 0.25) is 10.0 Å². The molecule has 0 atom stereocenters. The van der Waals surface area contributed by atoms with Crippen LogP contribution in [0.15, 0.2) is 72.8 Å². The first-order chi connectivity index (χ1) is 15.8. The molecule has 1 heterocycles. The summed E-state index contributed by atoms with van der Waals surface area (Å²) in [5.74, 6) is -0.876. The Balaban J connectivity index is 1.44. The fraction of sp³-hybridized carbons (Fsp3) is 0.240. The van der Waals surface area contributed by atoms with Crippen LogP contribution in [0.25, 0.3) is 0 Å². The highest BCUT2D eigenvalue weighted by Gasteiger charge is 2.21. The number of hydrogen-bond donors (Lipinski definition) is 1. The number of nitrogens with one attached hydrogen (secondary N) is 1. The van der Waals surface area contributed by atoms with Gasteiger partial charge in [-0.1, -0.05) is 24.3 Å². The van der Waals surface area contributed by atoms with Gasteiger partial charge in [-0.25, -0.2) is 12.8 Å². The Hall–Kier alpha value is -3.39. The summed E-state index contributed by atoms with van der Waals surface area (Å²) >= 11 is 0. The van der Waals surface area contributed by atoms with Crippen molar-refractivity contribution in [3.63, 3.8) is 0 Å². The maximum absolute atomic E-state index is 14.2. The van der Waals surface area contributed by atoms with Crippen molar-refractivity contribution in [3.05, 3.63) is 89.7 Å². The molecule has 3 aromatic rings. The van der Waals surface area contributed by atoms with Crippen molar-refractivity contribution < 1.29 is 17.6 Å². The summed E-state index contributed by atoms with van der Waals surface area (Å²) in [5.41, 5.74) is 2.92. The third kappa shape index (κ3) is 5.51. The molecule has 0 bridgehead atoms. The molecule has 0 saturated carbocycles. The van der Waals surface area contributed by atoms with Crippen molar-refractivity contribution in [1.82, 2.24) is 0 Å². The Bertz CT molecular complexity index is 1220. The van der Waals surface area contributed by atoms with Crippen molar-refractivity contribution in [1.29, 1.82) is 0 Å². The fourth-order valence-corrected chi connectivity index (χ4v) is 4.79. The number of para-hydroxylation sites is 1. The van der Waals surface area contributed by atoms with E-state index in [1.807, 2.05) is 24.3 Å². The highest BCUT2D eigenvalue weighted by atomic mass is 32.2. The van der Waals surface area contributed by atoms with Crippen LogP contribution in [-0.2, 0) is 16.6 Å². The molecule has 6 nitrogen and oxygen atoms in total. The van der Waals surface area contributed by atoms with Gasteiger partial charge >= 0.3 is 0 Å². The van der Waals surface area contributed by atoms with Crippen LogP contribution in [0.3, 0.4) is 0 Å². The molecule has 0 unspecified atom stereocenters. The number of nitrogens with zero attached hydrogens (tertiary/aromatic N) is 2. The third-order valence-corrected chi connectivity index (χ3v) is 6.79. The Labute approximate surface area is 193 Å². The second-order valence-corrected chi connectivity index (χ2v) is 10.0. The maximum atomic E-state index is 14.2. The highest BCUT2D eigenvalue weighted by molar-refractivity contribution is 7.92. The van der Waals surface area contributed by atoms with Gasteiger partial charge < -0.3 is 10.2 Å². The maximum Gasteiger partial charge on any atom is 0.255 e. The number of benzene rings is 3. The van der Waals surface area contributed by atoms with Gasteiger partial charge in [-0.3, -0.25) is 9.10 Å². The summed E-state index contributed by atoms with van der Waals surface area (Å²) in [6.07, 6.45) is 3.45. The molecule has 4 rings (SSSR count). The van der Waals surface area contributed by atoms with E-state index in [1.54, 1.807) is 30.3 Å².